The van der Waals surface area contributed by atoms with E-state index < -0.39 is 0 Å². The number of amides is 1. The Labute approximate surface area is 171 Å². The molecule has 28 heavy (non-hydrogen) atoms. The van der Waals surface area contributed by atoms with Crippen molar-refractivity contribution in [3.63, 3.8) is 0 Å². The Bertz CT molecular complexity index is 893. The van der Waals surface area contributed by atoms with Crippen molar-refractivity contribution in [3.8, 4) is 5.75 Å². The summed E-state index contributed by atoms with van der Waals surface area (Å²) in [6, 6.07) is 8.08. The highest BCUT2D eigenvalue weighted by Crippen LogP contribution is 2.21. The van der Waals surface area contributed by atoms with Gasteiger partial charge in [-0.2, -0.15) is 0 Å². The molecular weight excluding hydrogens is 396 g/mol. The van der Waals surface area contributed by atoms with Gasteiger partial charge < -0.3 is 9.30 Å². The molecule has 10 heteroatoms. The average Bonchev–Trinajstić information content (AvgIpc) is 3.34. The molecule has 0 bridgehead atoms. The van der Waals surface area contributed by atoms with Crippen molar-refractivity contribution in [2.45, 2.75) is 45.0 Å². The molecule has 8 nitrogen and oxygen atoms in total. The highest BCUT2D eigenvalue weighted by atomic mass is 32.2. The van der Waals surface area contributed by atoms with Gasteiger partial charge in [0, 0.05) is 6.54 Å². The number of carbonyl (C=O) groups excluding carboxylic acids is 1. The fourth-order valence-corrected chi connectivity index (χ4v) is 3.74. The number of anilines is 1. The van der Waals surface area contributed by atoms with E-state index in [0.717, 1.165) is 11.6 Å². The fraction of sp³-hybridized carbons (Fsp3) is 0.389. The van der Waals surface area contributed by atoms with E-state index in [-0.39, 0.29) is 11.7 Å². The quantitative estimate of drug-likeness (QED) is 0.531. The third-order valence-electron chi connectivity index (χ3n) is 3.96. The normalized spacial score (nSPS) is 11.0. The molecule has 0 fully saturated rings. The monoisotopic (exact) mass is 418 g/mol. The smallest absolute Gasteiger partial charge is 0.236 e. The highest BCUT2D eigenvalue weighted by Gasteiger charge is 2.14. The van der Waals surface area contributed by atoms with E-state index in [1.807, 2.05) is 23.6 Å². The SMILES string of the molecule is CCn1c(COc2ccc(C(C)C)cc2)nnc1SCC(=O)Nc1nncs1. The molecule has 0 aliphatic rings. The largest absolute Gasteiger partial charge is 0.486 e. The number of nitrogens with zero attached hydrogens (tertiary/aromatic N) is 5. The molecule has 0 radical (unpaired) electrons. The summed E-state index contributed by atoms with van der Waals surface area (Å²) in [5.41, 5.74) is 2.84. The van der Waals surface area contributed by atoms with Crippen molar-refractivity contribution in [3.05, 3.63) is 41.2 Å². The predicted molar refractivity (Wildman–Crippen MR) is 110 cm³/mol. The molecule has 1 amide bonds. The summed E-state index contributed by atoms with van der Waals surface area (Å²) in [6.07, 6.45) is 0. The molecule has 2 aromatic heterocycles. The molecular formula is C18H22N6O2S2. The summed E-state index contributed by atoms with van der Waals surface area (Å²) in [5, 5.41) is 19.8. The molecule has 0 atom stereocenters. The maximum atomic E-state index is 12.0. The average molecular weight is 419 g/mol. The van der Waals surface area contributed by atoms with Gasteiger partial charge in [-0.05, 0) is 30.5 Å². The number of aromatic nitrogens is 5. The van der Waals surface area contributed by atoms with Gasteiger partial charge in [-0.25, -0.2) is 0 Å². The van der Waals surface area contributed by atoms with E-state index in [1.54, 1.807) is 5.51 Å². The molecule has 0 saturated heterocycles. The lowest BCUT2D eigenvalue weighted by molar-refractivity contribution is -0.113. The third kappa shape index (κ3) is 5.29. The third-order valence-corrected chi connectivity index (χ3v) is 5.54. The van der Waals surface area contributed by atoms with Crippen LogP contribution in [0.3, 0.4) is 0 Å². The van der Waals surface area contributed by atoms with E-state index in [9.17, 15) is 4.79 Å². The summed E-state index contributed by atoms with van der Waals surface area (Å²) in [4.78, 5) is 12.0. The summed E-state index contributed by atoms with van der Waals surface area (Å²) >= 11 is 2.61. The van der Waals surface area contributed by atoms with Gasteiger partial charge in [0.1, 0.15) is 17.9 Å². The molecule has 3 rings (SSSR count). The standard InChI is InChI=1S/C18H22N6O2S2/c1-4-24-15(9-26-14-7-5-13(6-8-14)12(2)3)21-23-18(24)27-10-16(25)20-17-22-19-11-28-17/h5-8,11-12H,4,9-10H2,1-3H3,(H,20,22,25). The summed E-state index contributed by atoms with van der Waals surface area (Å²) in [6.45, 7) is 7.34. The molecule has 1 N–H and O–H groups in total. The lowest BCUT2D eigenvalue weighted by atomic mass is 10.0. The van der Waals surface area contributed by atoms with Gasteiger partial charge in [-0.15, -0.1) is 20.4 Å². The van der Waals surface area contributed by atoms with E-state index in [1.165, 1.54) is 28.7 Å². The maximum Gasteiger partial charge on any atom is 0.236 e. The van der Waals surface area contributed by atoms with Crippen LogP contribution in [0.1, 0.15) is 38.1 Å². The first-order valence-electron chi connectivity index (χ1n) is 8.90. The minimum Gasteiger partial charge on any atom is -0.486 e. The van der Waals surface area contributed by atoms with Gasteiger partial charge in [-0.1, -0.05) is 49.1 Å². The van der Waals surface area contributed by atoms with Gasteiger partial charge in [0.25, 0.3) is 0 Å². The fourth-order valence-electron chi connectivity index (χ4n) is 2.46. The van der Waals surface area contributed by atoms with Crippen LogP contribution in [0.25, 0.3) is 0 Å². The summed E-state index contributed by atoms with van der Waals surface area (Å²) < 4.78 is 7.80. The van der Waals surface area contributed by atoms with Gasteiger partial charge in [0.2, 0.25) is 11.0 Å². The van der Waals surface area contributed by atoms with Crippen LogP contribution in [0.4, 0.5) is 5.13 Å². The van der Waals surface area contributed by atoms with Crippen LogP contribution in [0.5, 0.6) is 5.75 Å². The van der Waals surface area contributed by atoms with Crippen molar-refractivity contribution in [1.82, 2.24) is 25.0 Å². The molecule has 0 unspecified atom stereocenters. The number of nitrogens with one attached hydrogen (secondary N) is 1. The minimum atomic E-state index is -0.157. The summed E-state index contributed by atoms with van der Waals surface area (Å²) in [5.74, 6) is 2.06. The van der Waals surface area contributed by atoms with Crippen LogP contribution in [0.15, 0.2) is 34.9 Å². The van der Waals surface area contributed by atoms with E-state index in [2.05, 4.69) is 51.7 Å². The van der Waals surface area contributed by atoms with Crippen molar-refractivity contribution in [2.24, 2.45) is 0 Å². The topological polar surface area (TPSA) is 94.8 Å². The molecule has 1 aromatic carbocycles. The van der Waals surface area contributed by atoms with Crippen LogP contribution in [0, 0.1) is 0 Å². The number of thioether (sulfide) groups is 1. The number of hydrogen-bond acceptors (Lipinski definition) is 8. The van der Waals surface area contributed by atoms with Gasteiger partial charge in [0.05, 0.1) is 5.75 Å². The first-order valence-corrected chi connectivity index (χ1v) is 10.8. The Morgan fingerprint density at radius 3 is 2.68 bits per heavy atom. The Morgan fingerprint density at radius 1 is 1.25 bits per heavy atom. The van der Waals surface area contributed by atoms with Crippen LogP contribution >= 0.6 is 23.1 Å². The predicted octanol–water partition coefficient (Wildman–Crippen LogP) is 3.58. The minimum absolute atomic E-state index is 0.157. The number of hydrogen-bond donors (Lipinski definition) is 1. The number of carbonyl (C=O) groups is 1. The molecule has 148 valence electrons. The van der Waals surface area contributed by atoms with Gasteiger partial charge >= 0.3 is 0 Å². The maximum absolute atomic E-state index is 12.0. The Morgan fingerprint density at radius 2 is 2.04 bits per heavy atom. The van der Waals surface area contributed by atoms with Crippen molar-refractivity contribution >= 4 is 34.1 Å². The molecule has 3 aromatic rings. The lowest BCUT2D eigenvalue weighted by Gasteiger charge is -2.10. The molecule has 0 spiro atoms. The van der Waals surface area contributed by atoms with E-state index in [4.69, 9.17) is 4.74 Å². The van der Waals surface area contributed by atoms with Crippen molar-refractivity contribution in [1.29, 1.82) is 0 Å². The van der Waals surface area contributed by atoms with Gasteiger partial charge in [0.15, 0.2) is 11.0 Å². The zero-order valence-corrected chi connectivity index (χ0v) is 17.6. The number of ether oxygens (including phenoxy) is 1. The Kier molecular flexibility index (Phi) is 6.99. The highest BCUT2D eigenvalue weighted by molar-refractivity contribution is 7.99. The second-order valence-electron chi connectivity index (χ2n) is 6.24. The zero-order chi connectivity index (χ0) is 19.9. The van der Waals surface area contributed by atoms with Crippen LogP contribution < -0.4 is 10.1 Å². The van der Waals surface area contributed by atoms with Crippen LogP contribution in [0.2, 0.25) is 0 Å². The first kappa shape index (κ1) is 20.3. The summed E-state index contributed by atoms with van der Waals surface area (Å²) in [7, 11) is 0. The van der Waals surface area contributed by atoms with Crippen molar-refractivity contribution < 1.29 is 9.53 Å². The molecule has 2 heterocycles. The molecule has 0 aliphatic heterocycles. The molecule has 0 saturated carbocycles. The van der Waals surface area contributed by atoms with Gasteiger partial charge in [-0.3, -0.25) is 10.1 Å². The van der Waals surface area contributed by atoms with E-state index >= 15 is 0 Å². The zero-order valence-electron chi connectivity index (χ0n) is 16.0. The van der Waals surface area contributed by atoms with Crippen LogP contribution in [-0.2, 0) is 17.9 Å². The Balaban J connectivity index is 1.56. The lowest BCUT2D eigenvalue weighted by Crippen LogP contribution is -2.14. The number of benzene rings is 1. The second-order valence-corrected chi connectivity index (χ2v) is 8.01. The second kappa shape index (κ2) is 9.65. The Hall–Kier alpha value is -2.46. The molecule has 0 aliphatic carbocycles. The van der Waals surface area contributed by atoms with E-state index in [0.29, 0.717) is 29.4 Å². The number of rotatable bonds is 9. The van der Waals surface area contributed by atoms with Crippen LogP contribution in [-0.4, -0.2) is 36.6 Å². The first-order chi connectivity index (χ1) is 13.6. The van der Waals surface area contributed by atoms with Crippen molar-refractivity contribution in [2.75, 3.05) is 11.1 Å².